The van der Waals surface area contributed by atoms with E-state index in [0.29, 0.717) is 19.0 Å². The van der Waals surface area contributed by atoms with Gasteiger partial charge in [-0.15, -0.1) is 5.10 Å². The van der Waals surface area contributed by atoms with E-state index in [4.69, 9.17) is 4.42 Å². The van der Waals surface area contributed by atoms with Gasteiger partial charge in [0.2, 0.25) is 5.89 Å². The van der Waals surface area contributed by atoms with Crippen LogP contribution in [-0.4, -0.2) is 36.5 Å². The molecule has 5 nitrogen and oxygen atoms in total. The second-order valence-corrected chi connectivity index (χ2v) is 3.98. The molecule has 2 heterocycles. The number of halogens is 3. The number of hydrogen-bond donors (Lipinski definition) is 1. The zero-order valence-electron chi connectivity index (χ0n) is 9.29. The maximum Gasteiger partial charge on any atom is 0.393 e. The summed E-state index contributed by atoms with van der Waals surface area (Å²) >= 11 is 0. The molecule has 0 amide bonds. The van der Waals surface area contributed by atoms with Crippen LogP contribution in [0.1, 0.15) is 12.3 Å². The van der Waals surface area contributed by atoms with Crippen LogP contribution in [0.4, 0.5) is 19.2 Å². The van der Waals surface area contributed by atoms with Crippen molar-refractivity contribution < 1.29 is 17.6 Å². The number of nitrogens with one attached hydrogen (secondary N) is 1. The largest absolute Gasteiger partial charge is 0.407 e. The van der Waals surface area contributed by atoms with E-state index in [-0.39, 0.29) is 19.0 Å². The van der Waals surface area contributed by atoms with E-state index in [2.05, 4.69) is 15.5 Å². The van der Waals surface area contributed by atoms with E-state index < -0.39 is 12.1 Å². The van der Waals surface area contributed by atoms with Crippen molar-refractivity contribution >= 4 is 6.01 Å². The highest BCUT2D eigenvalue weighted by atomic mass is 19.4. The Balaban J connectivity index is 2.00. The minimum absolute atomic E-state index is 0.0766. The molecule has 17 heavy (non-hydrogen) atoms. The molecule has 1 unspecified atom stereocenters. The summed E-state index contributed by atoms with van der Waals surface area (Å²) in [5.74, 6) is -0.930. The monoisotopic (exact) mass is 250 g/mol. The minimum Gasteiger partial charge on any atom is -0.407 e. The van der Waals surface area contributed by atoms with Gasteiger partial charge in [0, 0.05) is 13.1 Å². The Hall–Kier alpha value is -1.31. The van der Waals surface area contributed by atoms with Gasteiger partial charge < -0.3 is 14.6 Å². The third kappa shape index (κ3) is 2.68. The van der Waals surface area contributed by atoms with Crippen LogP contribution in [0.5, 0.6) is 0 Å². The number of hydrogen-bond acceptors (Lipinski definition) is 5. The van der Waals surface area contributed by atoms with Crippen molar-refractivity contribution in [3.63, 3.8) is 0 Å². The lowest BCUT2D eigenvalue weighted by atomic mass is 10.1. The Morgan fingerprint density at radius 3 is 2.82 bits per heavy atom. The first-order valence-electron chi connectivity index (χ1n) is 5.29. The summed E-state index contributed by atoms with van der Waals surface area (Å²) in [7, 11) is 1.72. The third-order valence-corrected chi connectivity index (χ3v) is 2.71. The van der Waals surface area contributed by atoms with Crippen molar-refractivity contribution in [3.05, 3.63) is 5.89 Å². The Morgan fingerprint density at radius 1 is 1.47 bits per heavy atom. The van der Waals surface area contributed by atoms with E-state index in [1.807, 2.05) is 0 Å². The van der Waals surface area contributed by atoms with Gasteiger partial charge in [0.25, 0.3) is 0 Å². The molecule has 0 radical (unpaired) electrons. The van der Waals surface area contributed by atoms with E-state index in [9.17, 15) is 13.2 Å². The van der Waals surface area contributed by atoms with Gasteiger partial charge in [0.05, 0.1) is 12.5 Å². The highest BCUT2D eigenvalue weighted by Gasteiger charge is 2.44. The van der Waals surface area contributed by atoms with Gasteiger partial charge in [-0.25, -0.2) is 0 Å². The van der Waals surface area contributed by atoms with Crippen LogP contribution in [0.2, 0.25) is 0 Å². The van der Waals surface area contributed by atoms with Gasteiger partial charge in [-0.3, -0.25) is 0 Å². The first-order chi connectivity index (χ1) is 8.00. The zero-order chi connectivity index (χ0) is 12.5. The van der Waals surface area contributed by atoms with Crippen LogP contribution in [0, 0.1) is 5.92 Å². The second-order valence-electron chi connectivity index (χ2n) is 3.98. The zero-order valence-corrected chi connectivity index (χ0v) is 9.29. The van der Waals surface area contributed by atoms with Crippen molar-refractivity contribution in [1.82, 2.24) is 15.5 Å². The van der Waals surface area contributed by atoms with Crippen LogP contribution in [0.15, 0.2) is 4.42 Å². The minimum atomic E-state index is -4.15. The van der Waals surface area contributed by atoms with Crippen molar-refractivity contribution in [2.24, 2.45) is 5.92 Å². The smallest absolute Gasteiger partial charge is 0.393 e. The van der Waals surface area contributed by atoms with Crippen molar-refractivity contribution in [2.45, 2.75) is 19.1 Å². The third-order valence-electron chi connectivity index (χ3n) is 2.71. The lowest BCUT2D eigenvalue weighted by Gasteiger charge is -2.15. The Labute approximate surface area is 96.0 Å². The Kier molecular flexibility index (Phi) is 3.23. The molecule has 0 aromatic carbocycles. The maximum absolute atomic E-state index is 12.5. The van der Waals surface area contributed by atoms with Gasteiger partial charge in [-0.2, -0.15) is 13.2 Å². The van der Waals surface area contributed by atoms with Gasteiger partial charge in [-0.05, 0) is 13.5 Å². The quantitative estimate of drug-likeness (QED) is 0.873. The molecule has 1 fully saturated rings. The molecule has 2 rings (SSSR count). The SMILES string of the molecule is CNCc1nnc(N2CCC(C(F)(F)F)C2)o1. The topological polar surface area (TPSA) is 54.2 Å². The predicted octanol–water partition coefficient (Wildman–Crippen LogP) is 1.18. The molecule has 0 spiro atoms. The first kappa shape index (κ1) is 12.2. The molecule has 0 saturated carbocycles. The van der Waals surface area contributed by atoms with E-state index in [1.165, 1.54) is 4.90 Å². The van der Waals surface area contributed by atoms with Gasteiger partial charge >= 0.3 is 12.2 Å². The average molecular weight is 250 g/mol. The second kappa shape index (κ2) is 4.52. The fourth-order valence-electron chi connectivity index (χ4n) is 1.80. The molecule has 0 bridgehead atoms. The summed E-state index contributed by atoms with van der Waals surface area (Å²) in [6.07, 6.45) is -4.07. The molecule has 96 valence electrons. The van der Waals surface area contributed by atoms with Crippen LogP contribution < -0.4 is 10.2 Å². The number of alkyl halides is 3. The van der Waals surface area contributed by atoms with E-state index >= 15 is 0 Å². The average Bonchev–Trinajstić information content (AvgIpc) is 2.82. The number of anilines is 1. The molecular formula is C9H13F3N4O. The molecular weight excluding hydrogens is 237 g/mol. The number of aromatic nitrogens is 2. The lowest BCUT2D eigenvalue weighted by Crippen LogP contribution is -2.27. The number of rotatable bonds is 3. The fourth-order valence-corrected chi connectivity index (χ4v) is 1.80. The molecule has 0 aliphatic carbocycles. The van der Waals surface area contributed by atoms with Gasteiger partial charge in [0.15, 0.2) is 0 Å². The molecule has 1 N–H and O–H groups in total. The standard InChI is InChI=1S/C9H13F3N4O/c1-13-4-7-14-15-8(17-7)16-3-2-6(5-16)9(10,11)12/h6,13H,2-5H2,1H3. The summed E-state index contributed by atoms with van der Waals surface area (Å²) in [5, 5.41) is 10.3. The summed E-state index contributed by atoms with van der Waals surface area (Å²) in [5.41, 5.74) is 0. The molecule has 1 atom stereocenters. The molecule has 1 aromatic rings. The fraction of sp³-hybridized carbons (Fsp3) is 0.778. The van der Waals surface area contributed by atoms with Crippen LogP contribution in [0.3, 0.4) is 0 Å². The van der Waals surface area contributed by atoms with Gasteiger partial charge in [0.1, 0.15) is 0 Å². The molecule has 1 saturated heterocycles. The van der Waals surface area contributed by atoms with Crippen molar-refractivity contribution in [1.29, 1.82) is 0 Å². The molecule has 8 heteroatoms. The van der Waals surface area contributed by atoms with E-state index in [0.717, 1.165) is 0 Å². The normalized spacial score (nSPS) is 21.2. The highest BCUT2D eigenvalue weighted by Crippen LogP contribution is 2.34. The molecule has 1 aromatic heterocycles. The van der Waals surface area contributed by atoms with Crippen LogP contribution >= 0.6 is 0 Å². The molecule has 1 aliphatic heterocycles. The summed E-state index contributed by atoms with van der Waals surface area (Å²) in [6.45, 7) is 0.597. The number of nitrogens with zero attached hydrogens (tertiary/aromatic N) is 3. The summed E-state index contributed by atoms with van der Waals surface area (Å²) in [4.78, 5) is 1.48. The lowest BCUT2D eigenvalue weighted by molar-refractivity contribution is -0.168. The van der Waals surface area contributed by atoms with Crippen molar-refractivity contribution in [3.8, 4) is 0 Å². The Bertz CT molecular complexity index is 379. The summed E-state index contributed by atoms with van der Waals surface area (Å²) in [6, 6.07) is 0.169. The Morgan fingerprint density at radius 2 is 2.24 bits per heavy atom. The van der Waals surface area contributed by atoms with Crippen LogP contribution in [0.25, 0.3) is 0 Å². The highest BCUT2D eigenvalue weighted by molar-refractivity contribution is 5.26. The van der Waals surface area contributed by atoms with Crippen LogP contribution in [-0.2, 0) is 6.54 Å². The predicted molar refractivity (Wildman–Crippen MR) is 53.4 cm³/mol. The maximum atomic E-state index is 12.5. The first-order valence-corrected chi connectivity index (χ1v) is 5.29. The summed E-state index contributed by atoms with van der Waals surface area (Å²) < 4.78 is 42.7. The van der Waals surface area contributed by atoms with Gasteiger partial charge in [-0.1, -0.05) is 5.10 Å². The van der Waals surface area contributed by atoms with E-state index in [1.54, 1.807) is 7.05 Å². The van der Waals surface area contributed by atoms with Crippen molar-refractivity contribution in [2.75, 3.05) is 25.0 Å². The molecule has 1 aliphatic rings.